The molecule has 0 saturated carbocycles. The normalized spacial score (nSPS) is 5.91. The van der Waals surface area contributed by atoms with Crippen LogP contribution in [0.15, 0.2) is 0 Å². The van der Waals surface area contributed by atoms with Crippen LogP contribution < -0.4 is 0 Å². The smallest absolute Gasteiger partial charge is 0.392 e. The fourth-order valence-corrected chi connectivity index (χ4v) is 0.553. The Balaban J connectivity index is -0.000000284. The van der Waals surface area contributed by atoms with Crippen LogP contribution in [0.5, 0.6) is 0 Å². The van der Waals surface area contributed by atoms with Crippen LogP contribution in [0, 0.1) is 47.4 Å². The summed E-state index contributed by atoms with van der Waals surface area (Å²) in [5.74, 6) is 12.9. The molecule has 23 heavy (non-hydrogen) atoms. The number of carboxylic acids is 2. The molecule has 0 bridgehead atoms. The van der Waals surface area contributed by atoms with Gasteiger partial charge in [0, 0.05) is 23.7 Å². The fourth-order valence-electron chi connectivity index (χ4n) is 0.553. The predicted octanol–water partition coefficient (Wildman–Crippen LogP) is 0.291. The van der Waals surface area contributed by atoms with Gasteiger partial charge in [-0.25, -0.2) is 19.2 Å². The number of rotatable bonds is 0. The van der Waals surface area contributed by atoms with Gasteiger partial charge in [-0.05, 0) is 27.7 Å². The van der Waals surface area contributed by atoms with E-state index in [9.17, 15) is 19.2 Å². The summed E-state index contributed by atoms with van der Waals surface area (Å²) in [6, 6.07) is 0. The molecule has 0 fully saturated rings. The molecule has 7 heteroatoms. The second-order valence-corrected chi connectivity index (χ2v) is 2.79. The minimum atomic E-state index is -1.07. The first-order chi connectivity index (χ1) is 10.7. The van der Waals surface area contributed by atoms with E-state index in [0.29, 0.717) is 0 Å². The van der Waals surface area contributed by atoms with Crippen LogP contribution >= 0.6 is 0 Å². The molecule has 0 aliphatic heterocycles. The summed E-state index contributed by atoms with van der Waals surface area (Å²) < 4.78 is 4.11. The van der Waals surface area contributed by atoms with Gasteiger partial charge in [0.25, 0.3) is 0 Å². The molecule has 0 saturated heterocycles. The Hall–Kier alpha value is -3.68. The highest BCUT2D eigenvalue weighted by Gasteiger charge is 2.02. The molecule has 0 aromatic carbocycles. The predicted molar refractivity (Wildman–Crippen MR) is 80.2 cm³/mol. The second-order valence-electron chi connectivity index (χ2n) is 2.79. The average Bonchev–Trinajstić information content (AvgIpc) is 2.40. The number of aliphatic carboxylic acids is 2. The Kier molecular flexibility index (Phi) is 19.4. The van der Waals surface area contributed by atoms with Crippen LogP contribution in [0.2, 0.25) is 0 Å². The molecule has 0 rings (SSSR count). The third-order valence-electron chi connectivity index (χ3n) is 1.10. The number of hydrogen-bond donors (Lipinski definition) is 2. The molecular formula is C16H14O7. The van der Waals surface area contributed by atoms with Gasteiger partial charge in [-0.3, -0.25) is 0 Å². The largest absolute Gasteiger partial charge is 0.472 e. The maximum atomic E-state index is 10.4. The van der Waals surface area contributed by atoms with Crippen molar-refractivity contribution in [2.75, 3.05) is 0 Å². The summed E-state index contributed by atoms with van der Waals surface area (Å²) in [6.45, 7) is 5.90. The van der Waals surface area contributed by atoms with Gasteiger partial charge in [0.15, 0.2) is 0 Å². The van der Waals surface area contributed by atoms with Crippen LogP contribution in [-0.2, 0) is 23.9 Å². The van der Waals surface area contributed by atoms with Gasteiger partial charge < -0.3 is 14.9 Å². The molecule has 0 radical (unpaired) electrons. The standard InChI is InChI=1S/C8H6O3.2C4H4O2/c1-3-5-7(9)11-8(10)6-4-2;2*1-2-3-4(5)6/h1-2H3;2*1H3,(H,5,6). The van der Waals surface area contributed by atoms with Crippen molar-refractivity contribution in [3.63, 3.8) is 0 Å². The number of esters is 2. The molecule has 0 spiro atoms. The van der Waals surface area contributed by atoms with Crippen molar-refractivity contribution in [2.24, 2.45) is 0 Å². The highest BCUT2D eigenvalue weighted by Crippen LogP contribution is 1.77. The first-order valence-electron chi connectivity index (χ1n) is 5.67. The molecule has 0 unspecified atom stereocenters. The van der Waals surface area contributed by atoms with E-state index in [0.717, 1.165) is 0 Å². The zero-order valence-corrected chi connectivity index (χ0v) is 12.9. The van der Waals surface area contributed by atoms with E-state index in [1.54, 1.807) is 0 Å². The molecule has 0 aliphatic rings. The number of ether oxygens (including phenoxy) is 1. The summed E-state index contributed by atoms with van der Waals surface area (Å²) in [5.41, 5.74) is 0. The molecule has 0 aliphatic carbocycles. The van der Waals surface area contributed by atoms with Gasteiger partial charge in [-0.2, -0.15) is 0 Å². The third-order valence-corrected chi connectivity index (χ3v) is 1.10. The number of hydrogen-bond acceptors (Lipinski definition) is 5. The molecule has 0 aromatic rings. The lowest BCUT2D eigenvalue weighted by molar-refractivity contribution is -0.151. The zero-order chi connectivity index (χ0) is 18.7. The third kappa shape index (κ3) is 32.1. The van der Waals surface area contributed by atoms with Crippen LogP contribution in [-0.4, -0.2) is 34.1 Å². The Labute approximate surface area is 134 Å². The highest BCUT2D eigenvalue weighted by molar-refractivity contribution is 6.01. The molecule has 7 nitrogen and oxygen atoms in total. The van der Waals surface area contributed by atoms with Gasteiger partial charge in [0.05, 0.1) is 0 Å². The SMILES string of the molecule is CC#CC(=O)O.CC#CC(=O)O.CC#CC(=O)OC(=O)C#CC. The molecule has 120 valence electrons. The summed E-state index contributed by atoms with van der Waals surface area (Å²) in [5, 5.41) is 15.5. The maximum absolute atomic E-state index is 10.4. The van der Waals surface area contributed by atoms with Gasteiger partial charge in [-0.1, -0.05) is 23.7 Å². The Bertz CT molecular complexity index is 611. The molecule has 0 heterocycles. The summed E-state index contributed by atoms with van der Waals surface area (Å²) in [6.07, 6.45) is 0. The minimum Gasteiger partial charge on any atom is -0.472 e. The lowest BCUT2D eigenvalue weighted by Gasteiger charge is -1.87. The fraction of sp³-hybridized carbons (Fsp3) is 0.250. The summed E-state index contributed by atoms with van der Waals surface area (Å²) >= 11 is 0. The Morgan fingerprint density at radius 3 is 1.00 bits per heavy atom. The van der Waals surface area contributed by atoms with Crippen molar-refractivity contribution in [3.05, 3.63) is 0 Å². The van der Waals surface area contributed by atoms with Crippen molar-refractivity contribution in [1.82, 2.24) is 0 Å². The molecule has 2 N–H and O–H groups in total. The second kappa shape index (κ2) is 18.3. The van der Waals surface area contributed by atoms with E-state index in [-0.39, 0.29) is 0 Å². The van der Waals surface area contributed by atoms with Crippen molar-refractivity contribution in [1.29, 1.82) is 0 Å². The Morgan fingerprint density at radius 1 is 0.609 bits per heavy atom. The quantitative estimate of drug-likeness (QED) is 0.285. The first-order valence-corrected chi connectivity index (χ1v) is 5.67. The number of carbonyl (C=O) groups is 4. The van der Waals surface area contributed by atoms with Gasteiger partial charge in [0.1, 0.15) is 0 Å². The summed E-state index contributed by atoms with van der Waals surface area (Å²) in [7, 11) is 0. The van der Waals surface area contributed by atoms with Crippen LogP contribution in [0.25, 0.3) is 0 Å². The van der Waals surface area contributed by atoms with Crippen LogP contribution in [0.1, 0.15) is 27.7 Å². The topological polar surface area (TPSA) is 118 Å². The minimum absolute atomic E-state index is 0.875. The first kappa shape index (κ1) is 24.3. The maximum Gasteiger partial charge on any atom is 0.392 e. The zero-order valence-electron chi connectivity index (χ0n) is 12.9. The van der Waals surface area contributed by atoms with Crippen molar-refractivity contribution in [3.8, 4) is 47.4 Å². The molecule has 0 aromatic heterocycles. The van der Waals surface area contributed by atoms with Gasteiger partial charge in [0.2, 0.25) is 0 Å². The number of carboxylic acid groups (broad SMARTS) is 2. The van der Waals surface area contributed by atoms with Crippen LogP contribution in [0.4, 0.5) is 0 Å². The van der Waals surface area contributed by atoms with E-state index < -0.39 is 23.9 Å². The lowest BCUT2D eigenvalue weighted by atomic mass is 10.6. The number of carbonyl (C=O) groups excluding carboxylic acids is 2. The summed E-state index contributed by atoms with van der Waals surface area (Å²) in [4.78, 5) is 39.7. The highest BCUT2D eigenvalue weighted by atomic mass is 16.6. The van der Waals surface area contributed by atoms with Gasteiger partial charge in [-0.15, -0.1) is 0 Å². The van der Waals surface area contributed by atoms with Crippen molar-refractivity contribution >= 4 is 23.9 Å². The lowest BCUT2D eigenvalue weighted by Crippen LogP contribution is -2.07. The van der Waals surface area contributed by atoms with E-state index in [2.05, 4.69) is 28.4 Å². The van der Waals surface area contributed by atoms with E-state index in [1.807, 2.05) is 23.7 Å². The average molecular weight is 318 g/mol. The molecule has 0 atom stereocenters. The Morgan fingerprint density at radius 2 is 0.870 bits per heavy atom. The van der Waals surface area contributed by atoms with Crippen molar-refractivity contribution in [2.45, 2.75) is 27.7 Å². The van der Waals surface area contributed by atoms with E-state index >= 15 is 0 Å². The van der Waals surface area contributed by atoms with Crippen LogP contribution in [0.3, 0.4) is 0 Å². The van der Waals surface area contributed by atoms with E-state index in [4.69, 9.17) is 10.2 Å². The molecular weight excluding hydrogens is 304 g/mol. The van der Waals surface area contributed by atoms with Gasteiger partial charge >= 0.3 is 23.9 Å². The monoisotopic (exact) mass is 318 g/mol. The molecule has 0 amide bonds. The van der Waals surface area contributed by atoms with E-state index in [1.165, 1.54) is 27.7 Å². The van der Waals surface area contributed by atoms with Crippen molar-refractivity contribution < 1.29 is 34.1 Å².